The quantitative estimate of drug-likeness (QED) is 0.165. The molecule has 1 atom stereocenters. The van der Waals surface area contributed by atoms with Crippen LogP contribution in [0.25, 0.3) is 0 Å². The topological polar surface area (TPSA) is 96.0 Å². The second-order valence-electron chi connectivity index (χ2n) is 11.7. The standard InChI is InChI=1S/C37H40BrN3O5S/c1-46-33-17-11-16-32(25-33)41(47(44,45)34-18-9-4-10-19-34)27-36(42)40(26-29-20-22-30(38)23-21-29)35(24-28-12-5-2-6-13-28)37(43)39-31-14-7-3-8-15-31/h2,4-6,9-13,16-23,25,31,35H,3,7-8,14-15,24,26-27H2,1H3,(H,39,43). The summed E-state index contributed by atoms with van der Waals surface area (Å²) in [6.07, 6.45) is 5.29. The summed E-state index contributed by atoms with van der Waals surface area (Å²) in [6.45, 7) is -0.415. The molecule has 1 aliphatic rings. The fraction of sp³-hybridized carbons (Fsp3) is 0.297. The van der Waals surface area contributed by atoms with Crippen molar-refractivity contribution in [3.63, 3.8) is 0 Å². The summed E-state index contributed by atoms with van der Waals surface area (Å²) in [5, 5.41) is 3.24. The van der Waals surface area contributed by atoms with Gasteiger partial charge in [0.25, 0.3) is 10.0 Å². The van der Waals surface area contributed by atoms with Gasteiger partial charge in [-0.2, -0.15) is 0 Å². The number of anilines is 1. The van der Waals surface area contributed by atoms with E-state index in [4.69, 9.17) is 4.74 Å². The molecule has 4 aromatic rings. The SMILES string of the molecule is COc1cccc(N(CC(=O)N(Cc2ccc(Br)cc2)C(Cc2ccccc2)C(=O)NC2CCCCC2)S(=O)(=O)c2ccccc2)c1. The molecule has 1 N–H and O–H groups in total. The summed E-state index contributed by atoms with van der Waals surface area (Å²) in [5.74, 6) is -0.302. The van der Waals surface area contributed by atoms with Gasteiger partial charge in [-0.05, 0) is 60.4 Å². The first-order valence-electron chi connectivity index (χ1n) is 15.8. The average molecular weight is 719 g/mol. The van der Waals surface area contributed by atoms with Crippen LogP contribution in [0.4, 0.5) is 5.69 Å². The van der Waals surface area contributed by atoms with Crippen molar-refractivity contribution < 1.29 is 22.7 Å². The Bertz CT molecular complexity index is 1730. The molecule has 4 aromatic carbocycles. The fourth-order valence-corrected chi connectivity index (χ4v) is 7.59. The molecule has 1 fully saturated rings. The lowest BCUT2D eigenvalue weighted by molar-refractivity contribution is -0.140. The number of hydrogen-bond donors (Lipinski definition) is 1. The van der Waals surface area contributed by atoms with Gasteiger partial charge in [0.05, 0.1) is 17.7 Å². The molecule has 1 aliphatic carbocycles. The summed E-state index contributed by atoms with van der Waals surface area (Å²) in [7, 11) is -2.69. The summed E-state index contributed by atoms with van der Waals surface area (Å²) in [4.78, 5) is 30.4. The average Bonchev–Trinajstić information content (AvgIpc) is 3.10. The van der Waals surface area contributed by atoms with Gasteiger partial charge in [0.1, 0.15) is 18.3 Å². The number of carbonyl (C=O) groups excluding carboxylic acids is 2. The molecule has 1 unspecified atom stereocenters. The lowest BCUT2D eigenvalue weighted by Crippen LogP contribution is -2.55. The van der Waals surface area contributed by atoms with E-state index in [1.807, 2.05) is 54.6 Å². The predicted molar refractivity (Wildman–Crippen MR) is 188 cm³/mol. The van der Waals surface area contributed by atoms with Gasteiger partial charge in [0.15, 0.2) is 0 Å². The van der Waals surface area contributed by atoms with Crippen LogP contribution in [0.2, 0.25) is 0 Å². The minimum Gasteiger partial charge on any atom is -0.497 e. The highest BCUT2D eigenvalue weighted by Crippen LogP contribution is 2.28. The number of sulfonamides is 1. The number of amides is 2. The molecule has 10 heteroatoms. The van der Waals surface area contributed by atoms with E-state index < -0.39 is 28.5 Å². The number of nitrogens with zero attached hydrogens (tertiary/aromatic N) is 2. The lowest BCUT2D eigenvalue weighted by Gasteiger charge is -2.35. The van der Waals surface area contributed by atoms with E-state index in [1.54, 1.807) is 42.5 Å². The number of nitrogens with one attached hydrogen (secondary N) is 1. The zero-order chi connectivity index (χ0) is 33.2. The zero-order valence-corrected chi connectivity index (χ0v) is 28.8. The number of halogens is 1. The van der Waals surface area contributed by atoms with Crippen LogP contribution >= 0.6 is 15.9 Å². The summed E-state index contributed by atoms with van der Waals surface area (Å²) >= 11 is 3.48. The Labute approximate surface area is 285 Å². The first kappa shape index (κ1) is 34.2. The fourth-order valence-electron chi connectivity index (χ4n) is 5.90. The zero-order valence-electron chi connectivity index (χ0n) is 26.4. The summed E-state index contributed by atoms with van der Waals surface area (Å²) in [5.41, 5.74) is 1.98. The van der Waals surface area contributed by atoms with Crippen molar-refractivity contribution in [2.24, 2.45) is 0 Å². The molecule has 8 nitrogen and oxygen atoms in total. The molecular weight excluding hydrogens is 678 g/mol. The molecule has 47 heavy (non-hydrogen) atoms. The van der Waals surface area contributed by atoms with E-state index in [9.17, 15) is 18.0 Å². The molecular formula is C37H40BrN3O5S. The molecule has 0 bridgehead atoms. The van der Waals surface area contributed by atoms with Gasteiger partial charge < -0.3 is 15.0 Å². The van der Waals surface area contributed by atoms with Crippen LogP contribution in [0.15, 0.2) is 119 Å². The van der Waals surface area contributed by atoms with Gasteiger partial charge in [-0.25, -0.2) is 8.42 Å². The predicted octanol–water partition coefficient (Wildman–Crippen LogP) is 6.74. The van der Waals surface area contributed by atoms with Gasteiger partial charge in [0.2, 0.25) is 11.8 Å². The maximum Gasteiger partial charge on any atom is 0.264 e. The third kappa shape index (κ3) is 9.02. The molecule has 246 valence electrons. The Balaban J connectivity index is 1.56. The highest BCUT2D eigenvalue weighted by Gasteiger charge is 2.35. The van der Waals surface area contributed by atoms with Crippen LogP contribution < -0.4 is 14.4 Å². The van der Waals surface area contributed by atoms with Crippen molar-refractivity contribution in [2.75, 3.05) is 18.0 Å². The van der Waals surface area contributed by atoms with E-state index in [1.165, 1.54) is 24.1 Å². The molecule has 0 aliphatic heterocycles. The first-order valence-corrected chi connectivity index (χ1v) is 18.1. The van der Waals surface area contributed by atoms with Crippen LogP contribution in [0.1, 0.15) is 43.2 Å². The molecule has 1 saturated carbocycles. The van der Waals surface area contributed by atoms with E-state index in [-0.39, 0.29) is 35.5 Å². The van der Waals surface area contributed by atoms with Gasteiger partial charge >= 0.3 is 0 Å². The number of methoxy groups -OCH3 is 1. The third-order valence-corrected chi connectivity index (χ3v) is 10.8. The number of carbonyl (C=O) groups is 2. The number of benzene rings is 4. The Morgan fingerprint density at radius 2 is 1.51 bits per heavy atom. The van der Waals surface area contributed by atoms with Crippen LogP contribution in [0, 0.1) is 0 Å². The molecule has 0 radical (unpaired) electrons. The number of hydrogen-bond acceptors (Lipinski definition) is 5. The number of rotatable bonds is 13. The molecule has 5 rings (SSSR count). The second kappa shape index (κ2) is 16.1. The largest absolute Gasteiger partial charge is 0.497 e. The molecule has 2 amide bonds. The van der Waals surface area contributed by atoms with Gasteiger partial charge in [-0.15, -0.1) is 0 Å². The smallest absolute Gasteiger partial charge is 0.264 e. The van der Waals surface area contributed by atoms with Crippen molar-refractivity contribution in [1.82, 2.24) is 10.2 Å². The highest BCUT2D eigenvalue weighted by molar-refractivity contribution is 9.10. The minimum absolute atomic E-state index is 0.0332. The monoisotopic (exact) mass is 717 g/mol. The third-order valence-electron chi connectivity index (χ3n) is 8.44. The maximum absolute atomic E-state index is 14.7. The van der Waals surface area contributed by atoms with Crippen LogP contribution in [0.5, 0.6) is 5.75 Å². The second-order valence-corrected chi connectivity index (χ2v) is 14.5. The van der Waals surface area contributed by atoms with E-state index >= 15 is 0 Å². The maximum atomic E-state index is 14.7. The van der Waals surface area contributed by atoms with Gasteiger partial charge in [-0.1, -0.05) is 102 Å². The Kier molecular flexibility index (Phi) is 11.7. The van der Waals surface area contributed by atoms with Crippen molar-refractivity contribution in [2.45, 2.75) is 62.0 Å². The van der Waals surface area contributed by atoms with Crippen molar-refractivity contribution in [3.8, 4) is 5.75 Å². The minimum atomic E-state index is -4.19. The van der Waals surface area contributed by atoms with Crippen LogP contribution in [-0.4, -0.2) is 50.9 Å². The summed E-state index contributed by atoms with van der Waals surface area (Å²) < 4.78 is 35.7. The normalized spacial score (nSPS) is 14.2. The van der Waals surface area contributed by atoms with E-state index in [0.717, 1.165) is 52.0 Å². The van der Waals surface area contributed by atoms with Crippen LogP contribution in [-0.2, 0) is 32.6 Å². The van der Waals surface area contributed by atoms with Crippen molar-refractivity contribution in [1.29, 1.82) is 0 Å². The Morgan fingerprint density at radius 3 is 2.17 bits per heavy atom. The van der Waals surface area contributed by atoms with Gasteiger partial charge in [0, 0.05) is 29.5 Å². The van der Waals surface area contributed by atoms with Crippen LogP contribution in [0.3, 0.4) is 0 Å². The molecule has 0 heterocycles. The van der Waals surface area contributed by atoms with Crippen molar-refractivity contribution >= 4 is 43.5 Å². The Hall–Kier alpha value is -4.15. The number of ether oxygens (including phenoxy) is 1. The Morgan fingerprint density at radius 1 is 0.851 bits per heavy atom. The van der Waals surface area contributed by atoms with E-state index in [2.05, 4.69) is 21.2 Å². The summed E-state index contributed by atoms with van der Waals surface area (Å²) in [6, 6.07) is 30.9. The molecule has 0 aromatic heterocycles. The molecule has 0 spiro atoms. The van der Waals surface area contributed by atoms with Gasteiger partial charge in [-0.3, -0.25) is 13.9 Å². The first-order chi connectivity index (χ1) is 22.7. The van der Waals surface area contributed by atoms with E-state index in [0.29, 0.717) is 5.75 Å². The highest BCUT2D eigenvalue weighted by atomic mass is 79.9. The lowest BCUT2D eigenvalue weighted by atomic mass is 9.94. The molecule has 0 saturated heterocycles. The van der Waals surface area contributed by atoms with Crippen molar-refractivity contribution in [3.05, 3.63) is 125 Å².